The first kappa shape index (κ1) is 44.4. The van der Waals surface area contributed by atoms with Crippen LogP contribution >= 0.6 is 0 Å². The average Bonchev–Trinajstić information content (AvgIpc) is 3.07. The molecule has 0 amide bonds. The van der Waals surface area contributed by atoms with Crippen molar-refractivity contribution in [3.8, 4) is 0 Å². The van der Waals surface area contributed by atoms with E-state index in [4.69, 9.17) is 9.47 Å². The van der Waals surface area contributed by atoms with Crippen LogP contribution in [0, 0.1) is 23.7 Å². The van der Waals surface area contributed by atoms with Gasteiger partial charge in [0, 0.05) is 11.1 Å². The molecule has 4 unspecified atom stereocenters. The van der Waals surface area contributed by atoms with E-state index in [1.807, 2.05) is 0 Å². The Hall–Kier alpha value is -1.58. The fourth-order valence-electron chi connectivity index (χ4n) is 8.15. The number of unbranched alkanes of at least 4 members (excludes halogenated alkanes) is 18. The molecule has 0 aromatic carbocycles. The lowest BCUT2D eigenvalue weighted by molar-refractivity contribution is -0.139. The van der Waals surface area contributed by atoms with Crippen molar-refractivity contribution in [2.75, 3.05) is 13.2 Å². The molecule has 1 aliphatic carbocycles. The van der Waals surface area contributed by atoms with E-state index in [9.17, 15) is 9.59 Å². The van der Waals surface area contributed by atoms with E-state index in [1.54, 1.807) is 13.8 Å². The molecule has 280 valence electrons. The first-order chi connectivity index (χ1) is 23.3. The third-order valence-corrected chi connectivity index (χ3v) is 11.1. The molecule has 1 rings (SSSR count). The van der Waals surface area contributed by atoms with Crippen molar-refractivity contribution in [1.29, 1.82) is 0 Å². The van der Waals surface area contributed by atoms with Crippen LogP contribution in [0.5, 0.6) is 0 Å². The van der Waals surface area contributed by atoms with Gasteiger partial charge in [0.1, 0.15) is 0 Å². The predicted octanol–water partition coefficient (Wildman–Crippen LogP) is 13.7. The second-order valence-corrected chi connectivity index (χ2v) is 15.5. The number of hydrogen-bond acceptors (Lipinski definition) is 4. The lowest BCUT2D eigenvalue weighted by Crippen LogP contribution is -2.35. The molecular formula is C44H80O4. The number of rotatable bonds is 32. The van der Waals surface area contributed by atoms with Gasteiger partial charge in [0.25, 0.3) is 0 Å². The van der Waals surface area contributed by atoms with Gasteiger partial charge < -0.3 is 9.47 Å². The van der Waals surface area contributed by atoms with Gasteiger partial charge in [0.05, 0.1) is 13.2 Å². The molecular weight excluding hydrogens is 592 g/mol. The van der Waals surface area contributed by atoms with Crippen molar-refractivity contribution in [2.45, 2.75) is 207 Å². The normalized spacial score (nSPS) is 19.2. The summed E-state index contributed by atoms with van der Waals surface area (Å²) in [5.41, 5.74) is 0.981. The molecule has 0 heterocycles. The van der Waals surface area contributed by atoms with Gasteiger partial charge >= 0.3 is 11.9 Å². The van der Waals surface area contributed by atoms with Gasteiger partial charge in [-0.1, -0.05) is 168 Å². The maximum Gasteiger partial charge on any atom is 0.333 e. The molecule has 48 heavy (non-hydrogen) atoms. The van der Waals surface area contributed by atoms with Crippen LogP contribution in [0.25, 0.3) is 0 Å². The van der Waals surface area contributed by atoms with Crippen LogP contribution in [0.3, 0.4) is 0 Å². The Morgan fingerprint density at radius 1 is 0.458 bits per heavy atom. The average molecular weight is 673 g/mol. The quantitative estimate of drug-likeness (QED) is 0.0405. The van der Waals surface area contributed by atoms with Gasteiger partial charge in [-0.15, -0.1) is 0 Å². The third-order valence-electron chi connectivity index (χ3n) is 11.1. The molecule has 0 N–H and O–H groups in total. The third kappa shape index (κ3) is 22.2. The Labute approximate surface area is 299 Å². The molecule has 0 aromatic rings. The van der Waals surface area contributed by atoms with Crippen molar-refractivity contribution >= 4 is 11.9 Å². The van der Waals surface area contributed by atoms with E-state index >= 15 is 0 Å². The summed E-state index contributed by atoms with van der Waals surface area (Å²) in [5.74, 6) is 3.31. The van der Waals surface area contributed by atoms with Gasteiger partial charge in [0.15, 0.2) is 0 Å². The second kappa shape index (κ2) is 30.3. The molecule has 4 atom stereocenters. The Kier molecular flexibility index (Phi) is 28.0. The summed E-state index contributed by atoms with van der Waals surface area (Å²) in [6.45, 7) is 16.5. The fourth-order valence-corrected chi connectivity index (χ4v) is 8.15. The van der Waals surface area contributed by atoms with Gasteiger partial charge in [-0.05, 0) is 76.0 Å². The molecule has 0 saturated heterocycles. The molecule has 1 aliphatic rings. The molecule has 0 aliphatic heterocycles. The Bertz CT molecular complexity index is 832. The maximum atomic E-state index is 11.5. The van der Waals surface area contributed by atoms with E-state index in [1.165, 1.54) is 154 Å². The van der Waals surface area contributed by atoms with Crippen molar-refractivity contribution in [3.05, 3.63) is 24.3 Å². The number of esters is 2. The second-order valence-electron chi connectivity index (χ2n) is 15.5. The number of hydrogen-bond donors (Lipinski definition) is 0. The zero-order valence-electron chi connectivity index (χ0n) is 32.6. The zero-order chi connectivity index (χ0) is 35.2. The Morgan fingerprint density at radius 2 is 0.750 bits per heavy atom. The highest BCUT2D eigenvalue weighted by molar-refractivity contribution is 5.87. The van der Waals surface area contributed by atoms with Gasteiger partial charge in [-0.2, -0.15) is 0 Å². The lowest BCUT2D eigenvalue weighted by Gasteiger charge is -2.44. The maximum absolute atomic E-state index is 11.5. The first-order valence-corrected chi connectivity index (χ1v) is 21.0. The summed E-state index contributed by atoms with van der Waals surface area (Å²) in [6, 6.07) is 0. The number of carbonyl (C=O) groups excluding carboxylic acids is 2. The predicted molar refractivity (Wildman–Crippen MR) is 206 cm³/mol. The van der Waals surface area contributed by atoms with Crippen LogP contribution in [0.2, 0.25) is 0 Å². The Balaban J connectivity index is 2.55. The summed E-state index contributed by atoms with van der Waals surface area (Å²) < 4.78 is 10.5. The monoisotopic (exact) mass is 673 g/mol. The fraction of sp³-hybridized carbons (Fsp3) is 0.864. The van der Waals surface area contributed by atoms with Crippen molar-refractivity contribution in [1.82, 2.24) is 0 Å². The highest BCUT2D eigenvalue weighted by Gasteiger charge is 2.37. The molecule has 0 radical (unpaired) electrons. The van der Waals surface area contributed by atoms with Gasteiger partial charge in [0.2, 0.25) is 0 Å². The minimum atomic E-state index is -0.255. The van der Waals surface area contributed by atoms with E-state index in [-0.39, 0.29) is 11.9 Å². The van der Waals surface area contributed by atoms with Crippen LogP contribution < -0.4 is 0 Å². The number of carbonyl (C=O) groups is 2. The van der Waals surface area contributed by atoms with E-state index in [0.717, 1.165) is 49.4 Å². The van der Waals surface area contributed by atoms with Crippen molar-refractivity contribution in [2.24, 2.45) is 23.7 Å². The van der Waals surface area contributed by atoms with Crippen LogP contribution in [0.1, 0.15) is 207 Å². The first-order valence-electron chi connectivity index (χ1n) is 21.0. The minimum absolute atomic E-state index is 0.254. The summed E-state index contributed by atoms with van der Waals surface area (Å²) in [4.78, 5) is 23.1. The standard InChI is InChI=1S/C44H80O4/c1-7-9-11-18-25-31-41-39(29-23-10-8-2)33-34-40(30-24-19-14-12-16-21-27-35-47-43(45)37(3)4)42(41)32-26-20-15-13-17-22-28-36-48-44(46)38(5)6/h39-42H,3,5,7-36H2,1-2,4,6H3. The van der Waals surface area contributed by atoms with Crippen LogP contribution in [-0.4, -0.2) is 25.2 Å². The molecule has 4 heteroatoms. The lowest BCUT2D eigenvalue weighted by atomic mass is 9.61. The molecule has 0 aromatic heterocycles. The Morgan fingerprint density at radius 3 is 1.12 bits per heavy atom. The van der Waals surface area contributed by atoms with Crippen LogP contribution in [-0.2, 0) is 19.1 Å². The SMILES string of the molecule is C=C(C)C(=O)OCCCCCCCCCC1CCC(CCCCC)C(CCCCCCC)C1CCCCCCCCCOC(=O)C(=C)C. The molecule has 0 bridgehead atoms. The molecule has 4 nitrogen and oxygen atoms in total. The minimum Gasteiger partial charge on any atom is -0.462 e. The molecule has 1 saturated carbocycles. The highest BCUT2D eigenvalue weighted by Crippen LogP contribution is 2.47. The highest BCUT2D eigenvalue weighted by atomic mass is 16.5. The summed E-state index contributed by atoms with van der Waals surface area (Å²) >= 11 is 0. The zero-order valence-corrected chi connectivity index (χ0v) is 32.6. The smallest absolute Gasteiger partial charge is 0.333 e. The van der Waals surface area contributed by atoms with Crippen molar-refractivity contribution in [3.63, 3.8) is 0 Å². The van der Waals surface area contributed by atoms with E-state index < -0.39 is 0 Å². The topological polar surface area (TPSA) is 52.6 Å². The van der Waals surface area contributed by atoms with Crippen LogP contribution in [0.15, 0.2) is 24.3 Å². The summed E-state index contributed by atoms with van der Waals surface area (Å²) in [7, 11) is 0. The van der Waals surface area contributed by atoms with Crippen molar-refractivity contribution < 1.29 is 19.1 Å². The summed E-state index contributed by atoms with van der Waals surface area (Å²) in [6.07, 6.45) is 37.7. The van der Waals surface area contributed by atoms with Crippen LogP contribution in [0.4, 0.5) is 0 Å². The van der Waals surface area contributed by atoms with Gasteiger partial charge in [-0.25, -0.2) is 9.59 Å². The van der Waals surface area contributed by atoms with E-state index in [2.05, 4.69) is 27.0 Å². The number of ether oxygens (including phenoxy) is 2. The van der Waals surface area contributed by atoms with Gasteiger partial charge in [-0.3, -0.25) is 0 Å². The molecule has 0 spiro atoms. The molecule has 1 fully saturated rings. The summed E-state index contributed by atoms with van der Waals surface area (Å²) in [5, 5.41) is 0. The van der Waals surface area contributed by atoms with E-state index in [0.29, 0.717) is 24.4 Å². The largest absolute Gasteiger partial charge is 0.462 e.